The number of benzene rings is 1. The van der Waals surface area contributed by atoms with E-state index < -0.39 is 102 Å². The number of aliphatic imine (C=N–C) groups is 2. The molecule has 27 heteroatoms. The third kappa shape index (κ3) is 35.8. The predicted molar refractivity (Wildman–Crippen MR) is 317 cm³/mol. The van der Waals surface area contributed by atoms with Crippen molar-refractivity contribution in [3.63, 3.8) is 0 Å². The Bertz CT molecular complexity index is 2210. The van der Waals surface area contributed by atoms with Crippen LogP contribution in [-0.4, -0.2) is 145 Å². The number of carbonyl (C=O) groups is 10. The van der Waals surface area contributed by atoms with Gasteiger partial charge < -0.3 is 82.0 Å². The summed E-state index contributed by atoms with van der Waals surface area (Å²) in [6.45, 7) is 4.66. The van der Waals surface area contributed by atoms with Crippen molar-refractivity contribution >= 4 is 71.1 Å². The Kier molecular flexibility index (Phi) is 39.0. The number of hydrogen-bond acceptors (Lipinski definition) is 13. The highest BCUT2D eigenvalue weighted by molar-refractivity contribution is 5.97. The number of guanidine groups is 2. The summed E-state index contributed by atoms with van der Waals surface area (Å²) in [4.78, 5) is 139. The molecular formula is C56H98N16O11. The fourth-order valence-corrected chi connectivity index (χ4v) is 8.65. The van der Waals surface area contributed by atoms with Crippen LogP contribution in [0.1, 0.15) is 174 Å². The lowest BCUT2D eigenvalue weighted by Crippen LogP contribution is -2.58. The number of hydrogen-bond donors (Lipinski definition) is 15. The minimum absolute atomic E-state index is 0.0192. The summed E-state index contributed by atoms with van der Waals surface area (Å²) in [5.74, 6) is -8.52. The van der Waals surface area contributed by atoms with Crippen LogP contribution in [0.2, 0.25) is 0 Å². The summed E-state index contributed by atoms with van der Waals surface area (Å²) in [6.07, 6.45) is 15.9. The van der Waals surface area contributed by atoms with Crippen molar-refractivity contribution < 1.29 is 53.1 Å². The normalized spacial score (nSPS) is 13.4. The van der Waals surface area contributed by atoms with Crippen molar-refractivity contribution in [1.29, 1.82) is 0 Å². The average molecular weight is 1170 g/mol. The van der Waals surface area contributed by atoms with Crippen LogP contribution < -0.4 is 76.9 Å². The van der Waals surface area contributed by atoms with Gasteiger partial charge in [0.05, 0.1) is 6.54 Å². The molecule has 468 valence electrons. The Labute approximate surface area is 488 Å². The highest BCUT2D eigenvalue weighted by Gasteiger charge is 2.32. The summed E-state index contributed by atoms with van der Waals surface area (Å²) < 4.78 is 0. The van der Waals surface area contributed by atoms with E-state index in [0.717, 1.165) is 24.8 Å². The Morgan fingerprint density at radius 1 is 0.458 bits per heavy atom. The zero-order valence-electron chi connectivity index (χ0n) is 49.1. The summed E-state index contributed by atoms with van der Waals surface area (Å²) in [7, 11) is 0. The van der Waals surface area contributed by atoms with Crippen LogP contribution in [-0.2, 0) is 54.4 Å². The predicted octanol–water partition coefficient (Wildman–Crippen LogP) is -0.154. The molecule has 0 aliphatic heterocycles. The largest absolute Gasteiger partial charge is 0.480 e. The lowest BCUT2D eigenvalue weighted by molar-refractivity contribution is -0.142. The summed E-state index contributed by atoms with van der Waals surface area (Å²) >= 11 is 0. The standard InChI is InChI=1S/C56H98N16O11/c1-4-5-6-7-8-9-10-11-12-13-14-15-19-29-46(74)68-44(35-39-24-17-16-18-25-39)53(81)67-38(3)49(77)70-41(27-22-33-63-55(59)60)51(79)71-40(26-20-21-32-57)50(78)65-36-47(75)66-37(2)48(76)69-42(28-23-34-64-56(61)62)52(80)72-43(54(82)83)30-31-45(58)73/h16-18,24-25,37-38,40-44H,4-15,19-23,26-36,57H2,1-3H3,(H2,58,73)(H,65,78)(H,66,75)(H,67,81)(H,68,74)(H,69,76)(H,70,77)(H,71,79)(H,72,80)(H,82,83)(H4,59,60,63)(H4,61,62,64)/t37-,38-,40-,41-,42-,43-,44-/m0/s1. The van der Waals surface area contributed by atoms with Gasteiger partial charge in [0.15, 0.2) is 11.9 Å². The Balaban J connectivity index is 3.08. The van der Waals surface area contributed by atoms with E-state index in [4.69, 9.17) is 34.4 Å². The van der Waals surface area contributed by atoms with Crippen molar-refractivity contribution in [2.45, 2.75) is 217 Å². The lowest BCUT2D eigenvalue weighted by atomic mass is 10.0. The molecule has 1 aromatic carbocycles. The zero-order valence-corrected chi connectivity index (χ0v) is 49.1. The van der Waals surface area contributed by atoms with Gasteiger partial charge in [-0.05, 0) is 83.7 Å². The van der Waals surface area contributed by atoms with Crippen LogP contribution in [0.4, 0.5) is 0 Å². The van der Waals surface area contributed by atoms with E-state index in [0.29, 0.717) is 19.3 Å². The first-order valence-corrected chi connectivity index (χ1v) is 29.3. The molecular weight excluding hydrogens is 1070 g/mol. The van der Waals surface area contributed by atoms with E-state index in [2.05, 4.69) is 59.4 Å². The van der Waals surface area contributed by atoms with Gasteiger partial charge in [0.25, 0.3) is 0 Å². The van der Waals surface area contributed by atoms with Crippen molar-refractivity contribution in [2.24, 2.45) is 44.4 Å². The third-order valence-electron chi connectivity index (χ3n) is 13.4. The SMILES string of the molecule is CCCCCCCCCCCCCCCC(=O)N[C@@H](Cc1ccccc1)C(=O)N[C@@H](C)C(=O)N[C@@H](CCCN=C(N)N)C(=O)N[C@@H](CCCCN)C(=O)NCC(=O)N[C@@H](C)C(=O)N[C@@H](CCCN=C(N)N)C(=O)N[C@@H](CCC(N)=O)C(=O)O. The molecule has 0 saturated heterocycles. The molecule has 0 unspecified atom stereocenters. The van der Waals surface area contributed by atoms with Gasteiger partial charge in [-0.2, -0.15) is 0 Å². The maximum absolute atomic E-state index is 14.1. The van der Waals surface area contributed by atoms with Gasteiger partial charge in [-0.25, -0.2) is 4.79 Å². The quantitative estimate of drug-likeness (QED) is 0.0229. The second-order valence-corrected chi connectivity index (χ2v) is 20.8. The monoisotopic (exact) mass is 1170 g/mol. The molecule has 27 nitrogen and oxygen atoms in total. The number of primary amides is 1. The first-order valence-electron chi connectivity index (χ1n) is 29.3. The van der Waals surface area contributed by atoms with Crippen molar-refractivity contribution in [3.05, 3.63) is 35.9 Å². The number of aliphatic carboxylic acids is 1. The molecule has 0 bridgehead atoms. The molecule has 1 aromatic rings. The first-order chi connectivity index (χ1) is 39.6. The molecule has 0 spiro atoms. The Morgan fingerprint density at radius 3 is 1.39 bits per heavy atom. The number of amides is 9. The highest BCUT2D eigenvalue weighted by atomic mass is 16.4. The van der Waals surface area contributed by atoms with E-state index in [-0.39, 0.29) is 95.2 Å². The number of carboxylic acid groups (broad SMARTS) is 1. The fourth-order valence-electron chi connectivity index (χ4n) is 8.65. The molecule has 9 amide bonds. The molecule has 7 atom stereocenters. The molecule has 0 heterocycles. The summed E-state index contributed by atoms with van der Waals surface area (Å²) in [5.41, 5.74) is 33.4. The maximum Gasteiger partial charge on any atom is 0.326 e. The molecule has 0 aliphatic carbocycles. The van der Waals surface area contributed by atoms with Crippen LogP contribution in [0.3, 0.4) is 0 Å². The summed E-state index contributed by atoms with van der Waals surface area (Å²) in [6, 6.07) is 0.172. The van der Waals surface area contributed by atoms with Gasteiger partial charge in [-0.3, -0.25) is 53.1 Å². The van der Waals surface area contributed by atoms with Gasteiger partial charge in [-0.15, -0.1) is 0 Å². The minimum Gasteiger partial charge on any atom is -0.480 e. The van der Waals surface area contributed by atoms with Crippen LogP contribution in [0, 0.1) is 0 Å². The van der Waals surface area contributed by atoms with E-state index in [9.17, 15) is 53.1 Å². The molecule has 1 rings (SSSR count). The molecule has 0 radical (unpaired) electrons. The van der Waals surface area contributed by atoms with E-state index in [1.165, 1.54) is 71.6 Å². The smallest absolute Gasteiger partial charge is 0.326 e. The molecule has 83 heavy (non-hydrogen) atoms. The second-order valence-electron chi connectivity index (χ2n) is 20.8. The highest BCUT2D eigenvalue weighted by Crippen LogP contribution is 2.14. The zero-order chi connectivity index (χ0) is 62.0. The van der Waals surface area contributed by atoms with Crippen LogP contribution >= 0.6 is 0 Å². The van der Waals surface area contributed by atoms with E-state index >= 15 is 0 Å². The van der Waals surface area contributed by atoms with Crippen molar-refractivity contribution in [2.75, 3.05) is 26.2 Å². The number of unbranched alkanes of at least 4 members (excludes halogenated alkanes) is 13. The number of carbonyl (C=O) groups excluding carboxylic acids is 9. The molecule has 21 N–H and O–H groups in total. The lowest BCUT2D eigenvalue weighted by Gasteiger charge is -2.25. The maximum atomic E-state index is 14.1. The minimum atomic E-state index is -1.52. The van der Waals surface area contributed by atoms with Gasteiger partial charge in [0.1, 0.15) is 42.3 Å². The van der Waals surface area contributed by atoms with Crippen LogP contribution in [0.25, 0.3) is 0 Å². The van der Waals surface area contributed by atoms with Crippen molar-refractivity contribution in [3.8, 4) is 0 Å². The topological polar surface area (TPSA) is 468 Å². The van der Waals surface area contributed by atoms with E-state index in [1.807, 2.05) is 30.3 Å². The molecule has 0 aliphatic rings. The number of nitrogens with two attached hydrogens (primary N) is 6. The van der Waals surface area contributed by atoms with Crippen molar-refractivity contribution in [1.82, 2.24) is 42.5 Å². The van der Waals surface area contributed by atoms with Crippen LogP contribution in [0.15, 0.2) is 40.3 Å². The summed E-state index contributed by atoms with van der Waals surface area (Å²) in [5, 5.41) is 30.1. The Morgan fingerprint density at radius 2 is 0.904 bits per heavy atom. The third-order valence-corrected chi connectivity index (χ3v) is 13.4. The number of rotatable bonds is 47. The fraction of sp³-hybridized carbons (Fsp3) is 0.679. The van der Waals surface area contributed by atoms with Gasteiger partial charge in [0.2, 0.25) is 53.2 Å². The Hall–Kier alpha value is -7.58. The molecule has 0 saturated carbocycles. The van der Waals surface area contributed by atoms with Gasteiger partial charge >= 0.3 is 5.97 Å². The number of nitrogens with zero attached hydrogens (tertiary/aromatic N) is 2. The number of carboxylic acids is 1. The van der Waals surface area contributed by atoms with Gasteiger partial charge in [-0.1, -0.05) is 114 Å². The second kappa shape index (κ2) is 44.1. The average Bonchev–Trinajstić information content (AvgIpc) is 3.47. The molecule has 0 fully saturated rings. The van der Waals surface area contributed by atoms with E-state index in [1.54, 1.807) is 0 Å². The first kappa shape index (κ1) is 73.4. The number of nitrogens with one attached hydrogen (secondary N) is 8. The van der Waals surface area contributed by atoms with Gasteiger partial charge in [0, 0.05) is 32.4 Å². The van der Waals surface area contributed by atoms with Crippen LogP contribution in [0.5, 0.6) is 0 Å². The molecule has 0 aromatic heterocycles.